The fourth-order valence-corrected chi connectivity index (χ4v) is 2.78. The molecule has 5 unspecified atom stereocenters. The van der Waals surface area contributed by atoms with Crippen molar-refractivity contribution in [2.24, 2.45) is 5.41 Å². The molecule has 3 heterocycles. The second kappa shape index (κ2) is 39.2. The summed E-state index contributed by atoms with van der Waals surface area (Å²) in [6, 6.07) is 17.8. The molecule has 0 fully saturated rings. The van der Waals surface area contributed by atoms with Crippen LogP contribution in [0.2, 0.25) is 0 Å². The first-order valence-corrected chi connectivity index (χ1v) is 24.5. The van der Waals surface area contributed by atoms with Crippen LogP contribution in [0.15, 0.2) is 91.8 Å². The number of carbonyl (C=O) groups is 1. The van der Waals surface area contributed by atoms with Crippen molar-refractivity contribution in [2.45, 2.75) is 73.1 Å². The maximum absolute atomic E-state index is 11.8. The van der Waals surface area contributed by atoms with Crippen molar-refractivity contribution >= 4 is 63.6 Å². The predicted molar refractivity (Wildman–Crippen MR) is 210 cm³/mol. The van der Waals surface area contributed by atoms with Gasteiger partial charge in [0.15, 0.2) is 31.3 Å². The first-order chi connectivity index (χ1) is 21.6. The number of aryl methyl sites for hydroxylation is 1. The van der Waals surface area contributed by atoms with Gasteiger partial charge in [0.25, 0.3) is 0 Å². The molecule has 3 aromatic heterocycles. The normalized spacial score (nSPS) is 10.5. The van der Waals surface area contributed by atoms with Gasteiger partial charge in [-0.1, -0.05) is 62.9 Å². The molecular weight excluding hydrogens is 883 g/mol. The Bertz CT molecular complexity index is 1010. The van der Waals surface area contributed by atoms with Crippen molar-refractivity contribution in [3.05, 3.63) is 91.8 Å². The topological polar surface area (TPSA) is 79.2 Å². The Morgan fingerprint density at radius 2 is 1.36 bits per heavy atom. The van der Waals surface area contributed by atoms with Gasteiger partial charge in [-0.05, 0) is 45.8 Å². The second-order valence-electron chi connectivity index (χ2n) is 10.2. The summed E-state index contributed by atoms with van der Waals surface area (Å²) in [5.41, 5.74) is -0.489. The van der Waals surface area contributed by atoms with E-state index in [1.807, 2.05) is 75.6 Å². The number of aliphatic hydroxyl groups is 1. The van der Waals surface area contributed by atoms with Crippen LogP contribution in [-0.4, -0.2) is 47.2 Å². The predicted octanol–water partition coefficient (Wildman–Crippen LogP) is 1.60. The number of aromatic nitrogens is 3. The third-order valence-electron chi connectivity index (χ3n) is 5.71. The summed E-state index contributed by atoms with van der Waals surface area (Å²) in [6.07, 6.45) is 14.1. The van der Waals surface area contributed by atoms with Crippen LogP contribution in [0.25, 0.3) is 0 Å². The van der Waals surface area contributed by atoms with Crippen LogP contribution < -0.4 is 48.4 Å². The summed E-state index contributed by atoms with van der Waals surface area (Å²) in [5, 5.41) is 14.1. The SMILES string of the molecule is CCC(C)(C)C(=O)OCC(O)CNCC[n+]1ccccc1.CCCBr.CCC[n+]1ccccc1.PPP(P)P.[Br-].[Br-].c1ccncc1. The minimum atomic E-state index is -0.678. The van der Waals surface area contributed by atoms with E-state index in [-0.39, 0.29) is 53.5 Å². The second-order valence-corrected chi connectivity index (χ2v) is 24.9. The van der Waals surface area contributed by atoms with Crippen molar-refractivity contribution in [3.8, 4) is 0 Å². The number of esters is 1. The van der Waals surface area contributed by atoms with Gasteiger partial charge in [0.1, 0.15) is 19.3 Å². The number of aliphatic hydroxyl groups excluding tert-OH is 1. The summed E-state index contributed by atoms with van der Waals surface area (Å²) in [7, 11) is 9.24. The first-order valence-electron chi connectivity index (χ1n) is 15.2. The highest BCUT2D eigenvalue weighted by Gasteiger charge is 2.27. The standard InChI is InChI=1S/C16H27N2O3.C8H12N.C5H5N.C3H7Br.2BrH.H7P5/c1-4-16(2,3)15(20)21-13-14(19)12-17-8-11-18-9-6-5-7-10-18;1-2-6-9-7-4-3-5-8-9;1-2-4-6-5-3-1;1-2-3-4;;;1-4-5(2)3/h5-7,9-10,14,17,19H,4,8,11-13H2,1-3H3;3-5,7-8H,2,6H2,1H3;1-5H;2-3H2,1H3;2*1H;4H,1-3H2/q2*+1;;;;;/p-2. The fourth-order valence-electron chi connectivity index (χ4n) is 2.78. The Morgan fingerprint density at radius 3 is 1.70 bits per heavy atom. The Balaban J connectivity index is -0.000000292. The van der Waals surface area contributed by atoms with Gasteiger partial charge in [-0.15, -0.1) is 26.8 Å². The third kappa shape index (κ3) is 37.5. The van der Waals surface area contributed by atoms with E-state index in [1.54, 1.807) is 12.4 Å². The van der Waals surface area contributed by atoms with Crippen molar-refractivity contribution < 1.29 is 57.7 Å². The molecule has 0 saturated carbocycles. The van der Waals surface area contributed by atoms with Crippen molar-refractivity contribution in [1.29, 1.82) is 0 Å². The van der Waals surface area contributed by atoms with Gasteiger partial charge in [0, 0.05) is 55.0 Å². The van der Waals surface area contributed by atoms with Crippen molar-refractivity contribution in [2.75, 3.05) is 25.0 Å². The lowest BCUT2D eigenvalue weighted by Crippen LogP contribution is -3.00. The number of hydrogen-bond donors (Lipinski definition) is 2. The molecule has 3 aromatic rings. The molecule has 5 atom stereocenters. The number of alkyl halides is 1. The van der Waals surface area contributed by atoms with Crippen LogP contribution >= 0.6 is 57.7 Å². The lowest BCUT2D eigenvalue weighted by molar-refractivity contribution is -0.697. The molecule has 0 aliphatic carbocycles. The van der Waals surface area contributed by atoms with E-state index in [1.165, 1.54) is 12.8 Å². The molecule has 0 radical (unpaired) electrons. The number of ether oxygens (including phenoxy) is 1. The minimum absolute atomic E-state index is 0. The van der Waals surface area contributed by atoms with Gasteiger partial charge < -0.3 is 49.1 Å². The number of pyridine rings is 3. The van der Waals surface area contributed by atoms with Gasteiger partial charge in [0.2, 0.25) is 0 Å². The highest BCUT2D eigenvalue weighted by Crippen LogP contribution is 2.71. The number of hydrogen-bond acceptors (Lipinski definition) is 5. The fraction of sp³-hybridized carbons (Fsp3) is 0.500. The van der Waals surface area contributed by atoms with E-state index in [2.05, 4.69) is 101 Å². The number of nitrogens with zero attached hydrogens (tertiary/aromatic N) is 3. The molecular formula is C32H58Br3N4O3P5. The van der Waals surface area contributed by atoms with Gasteiger partial charge in [-0.2, -0.15) is 0 Å². The molecule has 0 amide bonds. The monoisotopic (exact) mass is 938 g/mol. The Hall–Kier alpha value is 0.430. The molecule has 15 heteroatoms. The summed E-state index contributed by atoms with van der Waals surface area (Å²) in [5.74, 6) is -0.260. The molecule has 7 nitrogen and oxygen atoms in total. The summed E-state index contributed by atoms with van der Waals surface area (Å²) < 4.78 is 9.38. The van der Waals surface area contributed by atoms with E-state index in [0.29, 0.717) is 13.0 Å². The van der Waals surface area contributed by atoms with Crippen molar-refractivity contribution in [1.82, 2.24) is 10.3 Å². The molecule has 0 bridgehead atoms. The number of halogens is 3. The van der Waals surface area contributed by atoms with E-state index in [9.17, 15) is 9.90 Å². The average molecular weight is 941 g/mol. The van der Waals surface area contributed by atoms with E-state index < -0.39 is 11.5 Å². The number of rotatable bonds is 13. The zero-order valence-electron chi connectivity index (χ0n) is 28.5. The first kappa shape index (κ1) is 54.2. The number of nitrogens with one attached hydrogen (secondary N) is 1. The average Bonchev–Trinajstić information content (AvgIpc) is 3.08. The summed E-state index contributed by atoms with van der Waals surface area (Å²) in [6.45, 7) is 13.3. The van der Waals surface area contributed by atoms with E-state index in [0.717, 1.165) is 32.9 Å². The smallest absolute Gasteiger partial charge is 0.311 e. The Morgan fingerprint density at radius 1 is 0.915 bits per heavy atom. The molecule has 0 aliphatic heterocycles. The molecule has 0 aliphatic rings. The summed E-state index contributed by atoms with van der Waals surface area (Å²) in [4.78, 5) is 15.5. The highest BCUT2D eigenvalue weighted by atomic mass is 79.9. The maximum atomic E-state index is 11.8. The third-order valence-corrected chi connectivity index (χ3v) is 18.4. The molecule has 270 valence electrons. The van der Waals surface area contributed by atoms with Gasteiger partial charge in [-0.25, -0.2) is 9.13 Å². The van der Waals surface area contributed by atoms with Crippen molar-refractivity contribution in [3.63, 3.8) is 0 Å². The maximum Gasteiger partial charge on any atom is 0.311 e. The zero-order chi connectivity index (χ0) is 34.2. The summed E-state index contributed by atoms with van der Waals surface area (Å²) >= 11 is 3.25. The minimum Gasteiger partial charge on any atom is -1.00 e. The Labute approximate surface area is 324 Å². The van der Waals surface area contributed by atoms with Crippen LogP contribution in [0.3, 0.4) is 0 Å². The Kier molecular flexibility index (Phi) is 45.2. The molecule has 2 N–H and O–H groups in total. The highest BCUT2D eigenvalue weighted by molar-refractivity contribution is 9.09. The lowest BCUT2D eigenvalue weighted by Gasteiger charge is -2.21. The molecule has 0 spiro atoms. The molecule has 0 aromatic carbocycles. The van der Waals surface area contributed by atoms with Crippen LogP contribution in [-0.2, 0) is 22.6 Å². The van der Waals surface area contributed by atoms with Gasteiger partial charge >= 0.3 is 5.97 Å². The zero-order valence-corrected chi connectivity index (χ0v) is 38.6. The van der Waals surface area contributed by atoms with Crippen LogP contribution in [0.1, 0.15) is 53.9 Å². The molecule has 0 saturated heterocycles. The van der Waals surface area contributed by atoms with E-state index >= 15 is 0 Å². The van der Waals surface area contributed by atoms with Gasteiger partial charge in [0.05, 0.1) is 12.0 Å². The van der Waals surface area contributed by atoms with E-state index in [4.69, 9.17) is 4.74 Å². The lowest BCUT2D eigenvalue weighted by atomic mass is 9.91. The molecule has 47 heavy (non-hydrogen) atoms. The van der Waals surface area contributed by atoms with Crippen LogP contribution in [0, 0.1) is 5.41 Å². The van der Waals surface area contributed by atoms with Crippen LogP contribution in [0.4, 0.5) is 0 Å². The van der Waals surface area contributed by atoms with Crippen LogP contribution in [0.5, 0.6) is 0 Å². The van der Waals surface area contributed by atoms with Gasteiger partial charge in [-0.3, -0.25) is 9.78 Å². The quantitative estimate of drug-likeness (QED) is 0.0897. The largest absolute Gasteiger partial charge is 1.00 e. The number of carbonyl (C=O) groups excluding carboxylic acids is 1. The molecule has 3 rings (SSSR count).